The Bertz CT molecular complexity index is 272. The zero-order chi connectivity index (χ0) is 14.2. The number of carbonyl (C=O) groups excluding carboxylic acids is 2. The molecular weight excluding hydrogens is 238 g/mol. The fraction of sp³-hybridized carbons (Fsp3) is 0.833. The molecule has 0 spiro atoms. The molecule has 0 aliphatic carbocycles. The number of hydrogen-bond donors (Lipinski definition) is 2. The topological polar surface area (TPSA) is 84.9 Å². The molecule has 0 aromatic rings. The van der Waals surface area contributed by atoms with Crippen LogP contribution in [0.2, 0.25) is 0 Å². The maximum Gasteiger partial charge on any atom is 0.407 e. The van der Waals surface area contributed by atoms with Crippen molar-refractivity contribution in [1.29, 1.82) is 0 Å². The van der Waals surface area contributed by atoms with E-state index in [9.17, 15) is 9.59 Å². The molecule has 6 nitrogen and oxygen atoms in total. The zero-order valence-electron chi connectivity index (χ0n) is 11.5. The number of aliphatic hydroxyl groups excluding tert-OH is 1. The van der Waals surface area contributed by atoms with Crippen molar-refractivity contribution in [3.8, 4) is 0 Å². The largest absolute Gasteiger partial charge is 0.469 e. The van der Waals surface area contributed by atoms with Crippen LogP contribution in [0.4, 0.5) is 4.79 Å². The van der Waals surface area contributed by atoms with Crippen LogP contribution < -0.4 is 5.32 Å². The van der Waals surface area contributed by atoms with Crippen molar-refractivity contribution in [2.75, 3.05) is 13.7 Å². The van der Waals surface area contributed by atoms with Crippen molar-refractivity contribution in [1.82, 2.24) is 5.32 Å². The van der Waals surface area contributed by atoms with Crippen LogP contribution in [0.25, 0.3) is 0 Å². The van der Waals surface area contributed by atoms with Gasteiger partial charge >= 0.3 is 12.1 Å². The van der Waals surface area contributed by atoms with E-state index in [-0.39, 0.29) is 19.0 Å². The van der Waals surface area contributed by atoms with Crippen LogP contribution in [0, 0.1) is 0 Å². The maximum absolute atomic E-state index is 11.4. The lowest BCUT2D eigenvalue weighted by atomic mass is 10.1. The number of amides is 1. The number of esters is 1. The fourth-order valence-corrected chi connectivity index (χ4v) is 1.28. The van der Waals surface area contributed by atoms with Crippen molar-refractivity contribution in [2.45, 2.75) is 51.7 Å². The summed E-state index contributed by atoms with van der Waals surface area (Å²) in [7, 11) is 1.32. The SMILES string of the molecule is COC(=O)CCCC(CO)NC(=O)OC(C)(C)C. The van der Waals surface area contributed by atoms with Gasteiger partial charge in [-0.2, -0.15) is 0 Å². The van der Waals surface area contributed by atoms with Crippen LogP contribution in [-0.4, -0.2) is 42.5 Å². The van der Waals surface area contributed by atoms with Crippen LogP contribution in [0.1, 0.15) is 40.0 Å². The average molecular weight is 261 g/mol. The van der Waals surface area contributed by atoms with E-state index in [4.69, 9.17) is 9.84 Å². The first kappa shape index (κ1) is 16.7. The van der Waals surface area contributed by atoms with Gasteiger partial charge in [-0.1, -0.05) is 0 Å². The highest BCUT2D eigenvalue weighted by atomic mass is 16.6. The average Bonchev–Trinajstić information content (AvgIpc) is 2.24. The Hall–Kier alpha value is -1.30. The van der Waals surface area contributed by atoms with Gasteiger partial charge in [0.25, 0.3) is 0 Å². The molecule has 1 unspecified atom stereocenters. The van der Waals surface area contributed by atoms with Crippen molar-refractivity contribution in [3.63, 3.8) is 0 Å². The highest BCUT2D eigenvalue weighted by Crippen LogP contribution is 2.08. The summed E-state index contributed by atoms with van der Waals surface area (Å²) in [6, 6.07) is -0.412. The number of ether oxygens (including phenoxy) is 2. The van der Waals surface area contributed by atoms with E-state index >= 15 is 0 Å². The number of hydrogen-bond acceptors (Lipinski definition) is 5. The number of nitrogens with one attached hydrogen (secondary N) is 1. The Morgan fingerprint density at radius 1 is 1.33 bits per heavy atom. The van der Waals surface area contributed by atoms with Crippen molar-refractivity contribution in [2.24, 2.45) is 0 Å². The van der Waals surface area contributed by atoms with Gasteiger partial charge in [0.05, 0.1) is 19.8 Å². The third kappa shape index (κ3) is 8.81. The molecule has 0 aliphatic heterocycles. The smallest absolute Gasteiger partial charge is 0.407 e. The summed E-state index contributed by atoms with van der Waals surface area (Å²) >= 11 is 0. The van der Waals surface area contributed by atoms with Gasteiger partial charge in [-0.15, -0.1) is 0 Å². The Kier molecular flexibility index (Phi) is 7.35. The molecule has 0 aliphatic rings. The third-order valence-electron chi connectivity index (χ3n) is 2.10. The molecule has 0 radical (unpaired) electrons. The molecule has 1 atom stereocenters. The molecule has 0 saturated carbocycles. The van der Waals surface area contributed by atoms with Crippen LogP contribution in [-0.2, 0) is 14.3 Å². The highest BCUT2D eigenvalue weighted by Gasteiger charge is 2.19. The second-order valence-corrected chi connectivity index (χ2v) is 4.99. The summed E-state index contributed by atoms with van der Waals surface area (Å²) < 4.78 is 9.56. The van der Waals surface area contributed by atoms with E-state index in [1.807, 2.05) is 0 Å². The first-order chi connectivity index (χ1) is 8.28. The molecule has 0 saturated heterocycles. The quantitative estimate of drug-likeness (QED) is 0.702. The zero-order valence-corrected chi connectivity index (χ0v) is 11.5. The van der Waals surface area contributed by atoms with Crippen molar-refractivity contribution >= 4 is 12.1 Å². The number of aliphatic hydroxyl groups is 1. The standard InChI is InChI=1S/C12H23NO5/c1-12(2,3)18-11(16)13-9(8-14)6-5-7-10(15)17-4/h9,14H,5-8H2,1-4H3,(H,13,16). The monoisotopic (exact) mass is 261 g/mol. The minimum atomic E-state index is -0.573. The lowest BCUT2D eigenvalue weighted by Gasteiger charge is -2.22. The first-order valence-electron chi connectivity index (χ1n) is 5.95. The summed E-state index contributed by atoms with van der Waals surface area (Å²) in [4.78, 5) is 22.3. The highest BCUT2D eigenvalue weighted by molar-refractivity contribution is 5.69. The fourth-order valence-electron chi connectivity index (χ4n) is 1.28. The van der Waals surface area contributed by atoms with Crippen LogP contribution in [0.5, 0.6) is 0 Å². The van der Waals surface area contributed by atoms with Gasteiger partial charge in [-0.3, -0.25) is 4.79 Å². The molecule has 106 valence electrons. The number of rotatable bonds is 6. The summed E-state index contributed by atoms with van der Waals surface area (Å²) in [5, 5.41) is 11.7. The molecule has 1 amide bonds. The second kappa shape index (κ2) is 7.92. The van der Waals surface area contributed by atoms with E-state index in [2.05, 4.69) is 10.1 Å². The predicted octanol–water partition coefficient (Wildman–Crippen LogP) is 1.22. The first-order valence-corrected chi connectivity index (χ1v) is 5.95. The third-order valence-corrected chi connectivity index (χ3v) is 2.10. The van der Waals surface area contributed by atoms with Gasteiger partial charge < -0.3 is 19.9 Å². The summed E-state index contributed by atoms with van der Waals surface area (Å²) in [6.07, 6.45) is 0.723. The Morgan fingerprint density at radius 3 is 2.39 bits per heavy atom. The molecule has 0 heterocycles. The molecule has 0 aromatic heterocycles. The second-order valence-electron chi connectivity index (χ2n) is 4.99. The molecule has 0 aromatic carbocycles. The minimum Gasteiger partial charge on any atom is -0.469 e. The number of methoxy groups -OCH3 is 1. The van der Waals surface area contributed by atoms with E-state index in [1.54, 1.807) is 20.8 Å². The van der Waals surface area contributed by atoms with Crippen molar-refractivity contribution in [3.05, 3.63) is 0 Å². The van der Waals surface area contributed by atoms with E-state index in [0.29, 0.717) is 12.8 Å². The lowest BCUT2D eigenvalue weighted by molar-refractivity contribution is -0.140. The molecular formula is C12H23NO5. The van der Waals surface area contributed by atoms with Gasteiger partial charge in [-0.25, -0.2) is 4.79 Å². The molecule has 18 heavy (non-hydrogen) atoms. The van der Waals surface area contributed by atoms with E-state index < -0.39 is 17.7 Å². The van der Waals surface area contributed by atoms with Crippen LogP contribution >= 0.6 is 0 Å². The molecule has 6 heteroatoms. The van der Waals surface area contributed by atoms with Gasteiger partial charge in [-0.05, 0) is 33.6 Å². The number of alkyl carbamates (subject to hydrolysis) is 1. The normalized spacial score (nSPS) is 12.7. The van der Waals surface area contributed by atoms with Crippen molar-refractivity contribution < 1.29 is 24.2 Å². The summed E-state index contributed by atoms with van der Waals surface area (Å²) in [5.41, 5.74) is -0.573. The van der Waals surface area contributed by atoms with E-state index in [1.165, 1.54) is 7.11 Å². The Labute approximate surface area is 108 Å². The van der Waals surface area contributed by atoms with Gasteiger partial charge in [0.15, 0.2) is 0 Å². The van der Waals surface area contributed by atoms with Gasteiger partial charge in [0.1, 0.15) is 5.60 Å². The van der Waals surface area contributed by atoms with Crippen LogP contribution in [0.15, 0.2) is 0 Å². The molecule has 0 rings (SSSR count). The minimum absolute atomic E-state index is 0.194. The Balaban J connectivity index is 3.96. The number of carbonyl (C=O) groups is 2. The van der Waals surface area contributed by atoms with Gasteiger partial charge in [0.2, 0.25) is 0 Å². The van der Waals surface area contributed by atoms with E-state index in [0.717, 1.165) is 0 Å². The lowest BCUT2D eigenvalue weighted by Crippen LogP contribution is -2.41. The molecule has 0 bridgehead atoms. The van der Waals surface area contributed by atoms with Crippen LogP contribution in [0.3, 0.4) is 0 Å². The van der Waals surface area contributed by atoms with Gasteiger partial charge in [0, 0.05) is 6.42 Å². The summed E-state index contributed by atoms with van der Waals surface area (Å²) in [6.45, 7) is 5.09. The predicted molar refractivity (Wildman–Crippen MR) is 66.1 cm³/mol. The maximum atomic E-state index is 11.4. The Morgan fingerprint density at radius 2 is 1.94 bits per heavy atom. The molecule has 0 fully saturated rings. The molecule has 2 N–H and O–H groups in total. The summed E-state index contributed by atoms with van der Waals surface area (Å²) in [5.74, 6) is -0.302.